The van der Waals surface area contributed by atoms with Gasteiger partial charge in [0.05, 0.1) is 17.9 Å². The first-order valence-corrected chi connectivity index (χ1v) is 18.9. The summed E-state index contributed by atoms with van der Waals surface area (Å²) in [6.45, 7) is 6.71. The predicted molar refractivity (Wildman–Crippen MR) is 164 cm³/mol. The number of allylic oxidation sites excluding steroid dienone is 5. The first-order valence-electron chi connectivity index (χ1n) is 13.9. The van der Waals surface area contributed by atoms with Crippen molar-refractivity contribution < 1.29 is 34.8 Å². The lowest BCUT2D eigenvalue weighted by molar-refractivity contribution is -0.259. The Morgan fingerprint density at radius 1 is 0.744 bits per heavy atom. The molecule has 0 N–H and O–H groups in total. The van der Waals surface area contributed by atoms with E-state index in [-0.39, 0.29) is 11.1 Å². The molecular formula is C32H30F6O2S2Si. The highest BCUT2D eigenvalue weighted by atomic mass is 32.2. The molecule has 0 spiro atoms. The molecule has 0 amide bonds. The summed E-state index contributed by atoms with van der Waals surface area (Å²) in [5, 5.41) is 0. The van der Waals surface area contributed by atoms with E-state index in [4.69, 9.17) is 0 Å². The van der Waals surface area contributed by atoms with Crippen LogP contribution >= 0.6 is 11.3 Å². The smallest absolute Gasteiger partial charge is 0.219 e. The Bertz CT molecular complexity index is 1760. The van der Waals surface area contributed by atoms with Crippen LogP contribution in [0.1, 0.15) is 38.8 Å². The molecule has 2 aliphatic rings. The molecule has 0 fully saturated rings. The first-order chi connectivity index (χ1) is 20.1. The molecule has 3 aromatic rings. The molecule has 0 atom stereocenters. The highest BCUT2D eigenvalue weighted by Gasteiger charge is 2.81. The Labute approximate surface area is 252 Å². The topological polar surface area (TPSA) is 34.1 Å². The molecule has 2 heterocycles. The van der Waals surface area contributed by atoms with Gasteiger partial charge >= 0.3 is 17.8 Å². The molecule has 2 nitrogen and oxygen atoms in total. The lowest BCUT2D eigenvalue weighted by Crippen LogP contribution is -2.50. The third-order valence-corrected chi connectivity index (χ3v) is 18.8. The molecule has 1 aromatic heterocycles. The summed E-state index contributed by atoms with van der Waals surface area (Å²) in [4.78, 5) is -0.585. The monoisotopic (exact) mass is 652 g/mol. The normalized spacial score (nSPS) is 20.6. The van der Waals surface area contributed by atoms with Gasteiger partial charge in [-0.3, -0.25) is 0 Å². The third-order valence-electron chi connectivity index (χ3n) is 8.91. The number of thiophene rings is 1. The summed E-state index contributed by atoms with van der Waals surface area (Å²) in [6.07, 6.45) is 0.842. The number of alkyl halides is 6. The van der Waals surface area contributed by atoms with Crippen LogP contribution in [0.4, 0.5) is 26.3 Å². The average Bonchev–Trinajstić information content (AvgIpc) is 3.55. The second-order valence-electron chi connectivity index (χ2n) is 10.9. The van der Waals surface area contributed by atoms with Gasteiger partial charge in [-0.25, -0.2) is 8.42 Å². The second-order valence-corrected chi connectivity index (χ2v) is 19.5. The van der Waals surface area contributed by atoms with Crippen molar-refractivity contribution in [3.8, 4) is 10.4 Å². The van der Waals surface area contributed by atoms with Crippen molar-refractivity contribution in [1.29, 1.82) is 0 Å². The predicted octanol–water partition coefficient (Wildman–Crippen LogP) is 9.55. The van der Waals surface area contributed by atoms with Crippen molar-refractivity contribution in [1.82, 2.24) is 0 Å². The zero-order valence-electron chi connectivity index (χ0n) is 24.0. The maximum atomic E-state index is 16.0. The lowest BCUT2D eigenvalue weighted by atomic mass is 9.94. The Kier molecular flexibility index (Phi) is 7.79. The van der Waals surface area contributed by atoms with Crippen molar-refractivity contribution in [2.45, 2.75) is 63.6 Å². The average molecular weight is 653 g/mol. The fraction of sp³-hybridized carbons (Fsp3) is 0.312. The van der Waals surface area contributed by atoms with Crippen LogP contribution in [0.25, 0.3) is 20.9 Å². The van der Waals surface area contributed by atoms with Crippen LogP contribution < -0.4 is 4.50 Å². The van der Waals surface area contributed by atoms with Crippen LogP contribution in [-0.4, -0.2) is 34.3 Å². The molecule has 2 aromatic carbocycles. The summed E-state index contributed by atoms with van der Waals surface area (Å²) >= 11 is 1.18. The van der Waals surface area contributed by atoms with Gasteiger partial charge in [0.1, 0.15) is 0 Å². The van der Waals surface area contributed by atoms with Crippen LogP contribution in [0.2, 0.25) is 18.1 Å². The zero-order chi connectivity index (χ0) is 31.6. The molecule has 1 aliphatic heterocycles. The fourth-order valence-corrected chi connectivity index (χ4v) is 14.2. The molecule has 5 rings (SSSR count). The van der Waals surface area contributed by atoms with E-state index in [9.17, 15) is 8.42 Å². The Hall–Kier alpha value is -2.89. The first kappa shape index (κ1) is 31.5. The SMILES string of the molecule is CC[Si](CC)(CC)c1sc(-c2ccccc2)cc1C1=C(C2=C(C)S(=O)(=O)C(c3ccccc3)=C2)C(F)(F)C(F)(F)C1(F)F. The molecule has 0 saturated heterocycles. The minimum Gasteiger partial charge on any atom is -0.219 e. The minimum atomic E-state index is -5.80. The van der Waals surface area contributed by atoms with Crippen molar-refractivity contribution in [3.63, 3.8) is 0 Å². The van der Waals surface area contributed by atoms with E-state index in [1.807, 2.05) is 20.8 Å². The van der Waals surface area contributed by atoms with Crippen LogP contribution in [0.5, 0.6) is 0 Å². The van der Waals surface area contributed by atoms with Gasteiger partial charge in [0.15, 0.2) is 0 Å². The van der Waals surface area contributed by atoms with Crippen molar-refractivity contribution >= 4 is 44.2 Å². The molecule has 1 aliphatic carbocycles. The van der Waals surface area contributed by atoms with E-state index in [1.54, 1.807) is 36.4 Å². The van der Waals surface area contributed by atoms with Gasteiger partial charge in [-0.1, -0.05) is 99.6 Å². The highest BCUT2D eigenvalue weighted by molar-refractivity contribution is 8.04. The fourth-order valence-electron chi connectivity index (χ4n) is 6.09. The van der Waals surface area contributed by atoms with Crippen LogP contribution in [0.15, 0.2) is 88.9 Å². The number of halogens is 6. The summed E-state index contributed by atoms with van der Waals surface area (Å²) in [5.74, 6) is -16.4. The third kappa shape index (κ3) is 4.44. The van der Waals surface area contributed by atoms with Gasteiger partial charge in [-0.2, -0.15) is 26.3 Å². The Morgan fingerprint density at radius 3 is 1.74 bits per heavy atom. The molecule has 43 heavy (non-hydrogen) atoms. The van der Waals surface area contributed by atoms with Gasteiger partial charge in [0.25, 0.3) is 0 Å². The molecule has 0 bridgehead atoms. The van der Waals surface area contributed by atoms with E-state index >= 15 is 26.3 Å². The van der Waals surface area contributed by atoms with Crippen LogP contribution in [0, 0.1) is 0 Å². The number of benzene rings is 2. The van der Waals surface area contributed by atoms with Gasteiger partial charge < -0.3 is 0 Å². The second kappa shape index (κ2) is 10.6. The van der Waals surface area contributed by atoms with E-state index in [1.165, 1.54) is 41.7 Å². The molecule has 0 unspecified atom stereocenters. The van der Waals surface area contributed by atoms with E-state index in [0.29, 0.717) is 33.1 Å². The maximum Gasteiger partial charge on any atom is 0.380 e. The van der Waals surface area contributed by atoms with Gasteiger partial charge in [0.2, 0.25) is 9.84 Å². The van der Waals surface area contributed by atoms with E-state index in [0.717, 1.165) is 13.0 Å². The quantitative estimate of drug-likeness (QED) is 0.179. The summed E-state index contributed by atoms with van der Waals surface area (Å²) in [5.41, 5.74) is -3.49. The number of hydrogen-bond donors (Lipinski definition) is 0. The number of sulfone groups is 1. The number of hydrogen-bond acceptors (Lipinski definition) is 3. The van der Waals surface area contributed by atoms with Crippen molar-refractivity contribution in [2.24, 2.45) is 0 Å². The Morgan fingerprint density at radius 2 is 1.23 bits per heavy atom. The molecule has 0 saturated carbocycles. The van der Waals surface area contributed by atoms with Gasteiger partial charge in [0, 0.05) is 21.6 Å². The van der Waals surface area contributed by atoms with E-state index in [2.05, 4.69) is 0 Å². The molecule has 11 heteroatoms. The standard InChI is InChI=1S/C32H30F6O2S2Si/c1-5-43(6-2,7-3)29-24(18-25(41-29)21-14-10-8-11-15-21)28-27(30(33,34)32(37,38)31(28,35)36)23-19-26(42(39,40)20(23)4)22-16-12-9-13-17-22/h8-19H,5-7H2,1-4H3. The van der Waals surface area contributed by atoms with Crippen molar-refractivity contribution in [3.05, 3.63) is 100.0 Å². The largest absolute Gasteiger partial charge is 0.380 e. The van der Waals surface area contributed by atoms with Crippen LogP contribution in [-0.2, 0) is 9.84 Å². The molecular weight excluding hydrogens is 623 g/mol. The van der Waals surface area contributed by atoms with Gasteiger partial charge in [-0.05, 0) is 40.3 Å². The van der Waals surface area contributed by atoms with E-state index < -0.39 is 62.2 Å². The summed E-state index contributed by atoms with van der Waals surface area (Å²) in [6, 6.07) is 19.3. The summed E-state index contributed by atoms with van der Waals surface area (Å²) in [7, 11) is -7.07. The molecule has 0 radical (unpaired) electrons. The highest BCUT2D eigenvalue weighted by Crippen LogP contribution is 2.65. The maximum absolute atomic E-state index is 16.0. The summed E-state index contributed by atoms with van der Waals surface area (Å²) < 4.78 is 122. The number of rotatable bonds is 8. The van der Waals surface area contributed by atoms with Crippen LogP contribution in [0.3, 0.4) is 0 Å². The van der Waals surface area contributed by atoms with Crippen molar-refractivity contribution in [2.75, 3.05) is 0 Å². The lowest BCUT2D eigenvalue weighted by Gasteiger charge is -2.30. The zero-order valence-corrected chi connectivity index (χ0v) is 26.6. The minimum absolute atomic E-state index is 0.135. The molecule has 228 valence electrons. The van der Waals surface area contributed by atoms with Gasteiger partial charge in [-0.15, -0.1) is 11.3 Å². The Balaban J connectivity index is 1.93.